The zero-order valence-electron chi connectivity index (χ0n) is 24.4. The Balaban J connectivity index is 1.83. The van der Waals surface area contributed by atoms with Crippen molar-refractivity contribution in [3.05, 3.63) is 119 Å². The average Bonchev–Trinajstić information content (AvgIpc) is 2.94. The Morgan fingerprint density at radius 3 is 1.88 bits per heavy atom. The van der Waals surface area contributed by atoms with E-state index in [0.717, 1.165) is 53.5 Å². The van der Waals surface area contributed by atoms with Crippen LogP contribution < -0.4 is 9.05 Å². The molecular weight excluding hydrogens is 550 g/mol. The lowest BCUT2D eigenvalue weighted by atomic mass is 9.98. The third kappa shape index (κ3) is 8.94. The van der Waals surface area contributed by atoms with Gasteiger partial charge in [0.25, 0.3) is 0 Å². The third-order valence-electron chi connectivity index (χ3n) is 6.84. The van der Waals surface area contributed by atoms with Crippen LogP contribution in [-0.2, 0) is 32.4 Å². The van der Waals surface area contributed by atoms with Gasteiger partial charge in [0, 0.05) is 13.8 Å². The van der Waals surface area contributed by atoms with Crippen molar-refractivity contribution < 1.29 is 22.7 Å². The van der Waals surface area contributed by atoms with E-state index >= 15 is 0 Å². The second kappa shape index (κ2) is 14.2. The highest BCUT2D eigenvalue weighted by molar-refractivity contribution is 7.57. The van der Waals surface area contributed by atoms with Gasteiger partial charge in [0.1, 0.15) is 11.5 Å². The molecule has 0 aliphatic rings. The molecule has 0 saturated heterocycles. The van der Waals surface area contributed by atoms with Crippen LogP contribution in [0.1, 0.15) is 48.4 Å². The lowest BCUT2D eigenvalue weighted by molar-refractivity contribution is 0.321. The number of aryl methyl sites for hydroxylation is 2. The fraction of sp³-hybridized carbons (Fsp3) is 0.294. The van der Waals surface area contributed by atoms with Gasteiger partial charge in [-0.15, -0.1) is 0 Å². The van der Waals surface area contributed by atoms with Crippen LogP contribution in [-0.4, -0.2) is 13.8 Å². The Morgan fingerprint density at radius 2 is 1.29 bits per heavy atom. The summed E-state index contributed by atoms with van der Waals surface area (Å²) in [5, 5.41) is 0. The van der Waals surface area contributed by atoms with Crippen LogP contribution in [0.3, 0.4) is 0 Å². The highest BCUT2D eigenvalue weighted by atomic mass is 31.2. The highest BCUT2D eigenvalue weighted by Gasteiger charge is 2.30. The standard InChI is InChI=1S/C34H40O5P2/c1-5-6-9-20-30-23-32(38-40(4,35)25-28-16-10-7-11-17-28)34(31-21-14-15-27(2)22-31)33(24-30)39-41(36,37-3)26-29-18-12-8-13-19-29/h7-8,10-19,21-24H,5-6,9,20,25-26H2,1-4H3. The second-order valence-electron chi connectivity index (χ2n) is 10.6. The summed E-state index contributed by atoms with van der Waals surface area (Å²) in [5.74, 6) is 0.865. The minimum atomic E-state index is -3.61. The molecule has 0 amide bonds. The number of hydrogen-bond donors (Lipinski definition) is 0. The Labute approximate surface area is 244 Å². The second-order valence-corrected chi connectivity index (χ2v) is 15.2. The molecule has 0 aromatic heterocycles. The van der Waals surface area contributed by atoms with Crippen molar-refractivity contribution in [3.63, 3.8) is 0 Å². The Morgan fingerprint density at radius 1 is 0.683 bits per heavy atom. The van der Waals surface area contributed by atoms with E-state index in [2.05, 4.69) is 6.92 Å². The summed E-state index contributed by atoms with van der Waals surface area (Å²) in [7, 11) is -5.33. The predicted molar refractivity (Wildman–Crippen MR) is 170 cm³/mol. The van der Waals surface area contributed by atoms with Gasteiger partial charge in [-0.3, -0.25) is 4.57 Å². The zero-order chi connectivity index (χ0) is 29.3. The van der Waals surface area contributed by atoms with Gasteiger partial charge < -0.3 is 13.6 Å². The van der Waals surface area contributed by atoms with E-state index in [1.807, 2.05) is 104 Å². The van der Waals surface area contributed by atoms with Gasteiger partial charge in [-0.05, 0) is 54.2 Å². The van der Waals surface area contributed by atoms with Crippen LogP contribution in [0.4, 0.5) is 0 Å². The normalized spacial score (nSPS) is 14.1. The fourth-order valence-electron chi connectivity index (χ4n) is 4.84. The van der Waals surface area contributed by atoms with E-state index in [-0.39, 0.29) is 6.16 Å². The van der Waals surface area contributed by atoms with E-state index < -0.39 is 15.0 Å². The number of rotatable bonds is 14. The molecule has 0 spiro atoms. The molecule has 0 fully saturated rings. The largest absolute Gasteiger partial charge is 0.442 e. The van der Waals surface area contributed by atoms with E-state index in [1.165, 1.54) is 7.11 Å². The van der Waals surface area contributed by atoms with Gasteiger partial charge in [-0.25, -0.2) is 4.57 Å². The van der Waals surface area contributed by atoms with Crippen molar-refractivity contribution in [1.82, 2.24) is 0 Å². The first-order chi connectivity index (χ1) is 19.7. The van der Waals surface area contributed by atoms with Crippen LogP contribution in [0.15, 0.2) is 97.1 Å². The van der Waals surface area contributed by atoms with Crippen molar-refractivity contribution in [3.8, 4) is 22.6 Å². The monoisotopic (exact) mass is 590 g/mol. The molecule has 2 atom stereocenters. The molecule has 2 unspecified atom stereocenters. The van der Waals surface area contributed by atoms with E-state index in [4.69, 9.17) is 13.6 Å². The smallest absolute Gasteiger partial charge is 0.383 e. The van der Waals surface area contributed by atoms with Gasteiger partial charge in [-0.1, -0.05) is 110 Å². The van der Waals surface area contributed by atoms with E-state index in [1.54, 1.807) is 6.66 Å². The molecule has 0 bridgehead atoms. The van der Waals surface area contributed by atoms with E-state index in [9.17, 15) is 9.13 Å². The molecule has 0 aliphatic carbocycles. The van der Waals surface area contributed by atoms with Gasteiger partial charge in [0.05, 0.1) is 17.9 Å². The summed E-state index contributed by atoms with van der Waals surface area (Å²) in [6.45, 7) is 5.85. The van der Waals surface area contributed by atoms with Crippen LogP contribution in [0.25, 0.3) is 11.1 Å². The summed E-state index contributed by atoms with van der Waals surface area (Å²) in [6, 6.07) is 31.1. The number of benzene rings is 4. The molecular formula is C34H40O5P2. The first-order valence-corrected chi connectivity index (χ1v) is 18.1. The summed E-state index contributed by atoms with van der Waals surface area (Å²) in [5.41, 5.74) is 5.27. The summed E-state index contributed by atoms with van der Waals surface area (Å²) < 4.78 is 46.3. The van der Waals surface area contributed by atoms with Gasteiger partial charge in [0.15, 0.2) is 0 Å². The Kier molecular flexibility index (Phi) is 10.7. The summed E-state index contributed by atoms with van der Waals surface area (Å²) in [6.07, 6.45) is 4.36. The Bertz CT molecular complexity index is 1520. The number of hydrogen-bond acceptors (Lipinski definition) is 5. The summed E-state index contributed by atoms with van der Waals surface area (Å²) in [4.78, 5) is 0. The van der Waals surface area contributed by atoms with Crippen LogP contribution in [0.5, 0.6) is 11.5 Å². The molecule has 216 valence electrons. The molecule has 0 aliphatic heterocycles. The molecule has 4 rings (SSSR count). The minimum absolute atomic E-state index is 0.119. The van der Waals surface area contributed by atoms with Crippen LogP contribution >= 0.6 is 15.0 Å². The third-order valence-corrected chi connectivity index (χ3v) is 10.1. The highest BCUT2D eigenvalue weighted by Crippen LogP contribution is 2.56. The maximum atomic E-state index is 14.0. The molecule has 0 heterocycles. The van der Waals surface area contributed by atoms with Gasteiger partial charge in [0.2, 0.25) is 7.37 Å². The molecule has 4 aromatic rings. The lowest BCUT2D eigenvalue weighted by Gasteiger charge is -2.24. The topological polar surface area (TPSA) is 61.8 Å². The lowest BCUT2D eigenvalue weighted by Crippen LogP contribution is -2.04. The minimum Gasteiger partial charge on any atom is -0.442 e. The molecule has 41 heavy (non-hydrogen) atoms. The molecule has 4 aromatic carbocycles. The Hall–Kier alpha value is -3.10. The molecule has 5 nitrogen and oxygen atoms in total. The maximum absolute atomic E-state index is 14.0. The molecule has 0 saturated carbocycles. The van der Waals surface area contributed by atoms with Crippen LogP contribution in [0.2, 0.25) is 0 Å². The predicted octanol–water partition coefficient (Wildman–Crippen LogP) is 10.3. The van der Waals surface area contributed by atoms with Crippen molar-refractivity contribution >= 4 is 15.0 Å². The first kappa shape index (κ1) is 30.8. The fourth-order valence-corrected chi connectivity index (χ4v) is 7.71. The quantitative estimate of drug-likeness (QED) is 0.108. The van der Waals surface area contributed by atoms with Crippen molar-refractivity contribution in [2.75, 3.05) is 13.8 Å². The first-order valence-electron chi connectivity index (χ1n) is 14.1. The zero-order valence-corrected chi connectivity index (χ0v) is 26.2. The van der Waals surface area contributed by atoms with Gasteiger partial charge in [-0.2, -0.15) is 0 Å². The maximum Gasteiger partial charge on any atom is 0.383 e. The SMILES string of the molecule is CCCCCc1cc(OP(C)(=O)Cc2ccccc2)c(-c2cccc(C)c2)c(OP(=O)(Cc2ccccc2)OC)c1. The van der Waals surface area contributed by atoms with Crippen molar-refractivity contribution in [2.24, 2.45) is 0 Å². The average molecular weight is 591 g/mol. The van der Waals surface area contributed by atoms with Crippen molar-refractivity contribution in [1.29, 1.82) is 0 Å². The molecule has 0 radical (unpaired) electrons. The number of unbranched alkanes of at least 4 members (excludes halogenated alkanes) is 2. The van der Waals surface area contributed by atoms with E-state index in [0.29, 0.717) is 23.2 Å². The molecule has 7 heteroatoms. The molecule has 0 N–H and O–H groups in total. The van der Waals surface area contributed by atoms with Gasteiger partial charge >= 0.3 is 7.60 Å². The summed E-state index contributed by atoms with van der Waals surface area (Å²) >= 11 is 0. The van der Waals surface area contributed by atoms with Crippen molar-refractivity contribution in [2.45, 2.75) is 51.9 Å². The van der Waals surface area contributed by atoms with Crippen LogP contribution in [0, 0.1) is 6.92 Å².